The number of hydrogen-bond acceptors (Lipinski definition) is 6. The van der Waals surface area contributed by atoms with Crippen LogP contribution in [0.3, 0.4) is 0 Å². The van der Waals surface area contributed by atoms with Gasteiger partial charge in [-0.2, -0.15) is 15.3 Å². The zero-order chi connectivity index (χ0) is 20.4. The van der Waals surface area contributed by atoms with Gasteiger partial charge in [-0.05, 0) is 26.8 Å². The highest BCUT2D eigenvalue weighted by Crippen LogP contribution is 2.21. The van der Waals surface area contributed by atoms with E-state index in [1.54, 1.807) is 48.9 Å². The first-order chi connectivity index (χ1) is 13.3. The van der Waals surface area contributed by atoms with E-state index in [2.05, 4.69) is 15.3 Å². The summed E-state index contributed by atoms with van der Waals surface area (Å²) < 4.78 is 4.83. The minimum absolute atomic E-state index is 0.00388. The van der Waals surface area contributed by atoms with Crippen molar-refractivity contribution >= 4 is 11.6 Å². The van der Waals surface area contributed by atoms with Gasteiger partial charge < -0.3 is 4.90 Å². The molecule has 0 aliphatic rings. The second kappa shape index (κ2) is 7.62. The van der Waals surface area contributed by atoms with Crippen molar-refractivity contribution in [3.05, 3.63) is 57.4 Å². The van der Waals surface area contributed by atoms with Crippen molar-refractivity contribution in [1.29, 1.82) is 0 Å². The Morgan fingerprint density at radius 3 is 2.64 bits per heavy atom. The van der Waals surface area contributed by atoms with E-state index in [9.17, 15) is 14.9 Å². The summed E-state index contributed by atoms with van der Waals surface area (Å²) in [6.45, 7) is 6.60. The number of carbonyl (C=O) groups is 1. The summed E-state index contributed by atoms with van der Waals surface area (Å²) in [6, 6.07) is 1.62. The summed E-state index contributed by atoms with van der Waals surface area (Å²) in [7, 11) is 1.70. The van der Waals surface area contributed by atoms with Crippen molar-refractivity contribution in [2.24, 2.45) is 0 Å². The third-order valence-corrected chi connectivity index (χ3v) is 4.44. The molecule has 0 saturated carbocycles. The Morgan fingerprint density at radius 1 is 1.29 bits per heavy atom. The van der Waals surface area contributed by atoms with Crippen molar-refractivity contribution in [3.63, 3.8) is 0 Å². The van der Waals surface area contributed by atoms with Gasteiger partial charge in [0, 0.05) is 38.1 Å². The predicted octanol–water partition coefficient (Wildman–Crippen LogP) is 1.60. The van der Waals surface area contributed by atoms with Crippen molar-refractivity contribution in [2.75, 3.05) is 7.05 Å². The van der Waals surface area contributed by atoms with E-state index in [0.717, 1.165) is 12.1 Å². The fraction of sp³-hybridized carbons (Fsp3) is 0.412. The maximum Gasteiger partial charge on any atom is 0.312 e. The van der Waals surface area contributed by atoms with Crippen LogP contribution in [0.15, 0.2) is 24.7 Å². The lowest BCUT2D eigenvalue weighted by molar-refractivity contribution is -0.386. The summed E-state index contributed by atoms with van der Waals surface area (Å²) >= 11 is 0. The number of amides is 1. The van der Waals surface area contributed by atoms with E-state index in [4.69, 9.17) is 0 Å². The number of rotatable bonds is 7. The second-order valence-electron chi connectivity index (χ2n) is 6.52. The van der Waals surface area contributed by atoms with Crippen molar-refractivity contribution in [2.45, 2.75) is 40.5 Å². The highest BCUT2D eigenvalue weighted by molar-refractivity contribution is 5.91. The Bertz CT molecular complexity index is 1020. The number of aromatic nitrogens is 6. The molecule has 0 aromatic carbocycles. The molecular weight excluding hydrogens is 364 g/mol. The van der Waals surface area contributed by atoms with Gasteiger partial charge in [0.1, 0.15) is 23.8 Å². The molecule has 0 aliphatic heterocycles. The van der Waals surface area contributed by atoms with Gasteiger partial charge in [-0.1, -0.05) is 0 Å². The molecule has 0 N–H and O–H groups in total. The van der Waals surface area contributed by atoms with Crippen LogP contribution in [0.4, 0.5) is 5.69 Å². The molecule has 0 atom stereocenters. The molecule has 3 heterocycles. The number of nitrogens with zero attached hydrogens (tertiary/aromatic N) is 8. The first kappa shape index (κ1) is 19.3. The van der Waals surface area contributed by atoms with Gasteiger partial charge in [0.2, 0.25) is 0 Å². The summed E-state index contributed by atoms with van der Waals surface area (Å²) in [5, 5.41) is 23.8. The van der Waals surface area contributed by atoms with Crippen LogP contribution in [-0.2, 0) is 19.8 Å². The maximum absolute atomic E-state index is 12.6. The first-order valence-corrected chi connectivity index (χ1v) is 8.78. The highest BCUT2D eigenvalue weighted by atomic mass is 16.6. The molecule has 148 valence electrons. The standard InChI is InChI=1S/C17H22N8O3/c1-5-22-10-14(8-18-22)9-21(4)17(26)15-6-7-23(20-15)11-24-13(3)16(25(27)28)12(2)19-24/h6-8,10H,5,9,11H2,1-4H3. The Hall–Kier alpha value is -3.50. The molecule has 3 aromatic rings. The summed E-state index contributed by atoms with van der Waals surface area (Å²) in [6.07, 6.45) is 5.29. The average Bonchev–Trinajstić information content (AvgIpc) is 3.34. The summed E-state index contributed by atoms with van der Waals surface area (Å²) in [5.74, 6) is -0.220. The number of hydrogen-bond donors (Lipinski definition) is 0. The van der Waals surface area contributed by atoms with Crippen molar-refractivity contribution in [3.8, 4) is 0 Å². The second-order valence-corrected chi connectivity index (χ2v) is 6.52. The SMILES string of the molecule is CCn1cc(CN(C)C(=O)c2ccn(Cn3nc(C)c([N+](=O)[O-])c3C)n2)cn1. The Morgan fingerprint density at radius 2 is 2.04 bits per heavy atom. The molecular formula is C17H22N8O3. The van der Waals surface area contributed by atoms with Crippen LogP contribution in [0, 0.1) is 24.0 Å². The quantitative estimate of drug-likeness (QED) is 0.450. The van der Waals surface area contributed by atoms with Crippen LogP contribution in [-0.4, -0.2) is 52.1 Å². The first-order valence-electron chi connectivity index (χ1n) is 8.78. The molecule has 1 amide bonds. The van der Waals surface area contributed by atoms with E-state index >= 15 is 0 Å². The fourth-order valence-electron chi connectivity index (χ4n) is 2.98. The van der Waals surface area contributed by atoms with Gasteiger partial charge in [0.25, 0.3) is 5.91 Å². The van der Waals surface area contributed by atoms with E-state index in [1.807, 2.05) is 13.1 Å². The molecule has 28 heavy (non-hydrogen) atoms. The highest BCUT2D eigenvalue weighted by Gasteiger charge is 2.22. The molecule has 0 unspecified atom stereocenters. The number of nitro groups is 1. The minimum atomic E-state index is -0.443. The van der Waals surface area contributed by atoms with E-state index < -0.39 is 4.92 Å². The zero-order valence-electron chi connectivity index (χ0n) is 16.2. The van der Waals surface area contributed by atoms with Crippen LogP contribution >= 0.6 is 0 Å². The summed E-state index contributed by atoms with van der Waals surface area (Å²) in [4.78, 5) is 24.9. The molecule has 3 aromatic heterocycles. The molecule has 0 saturated heterocycles. The topological polar surface area (TPSA) is 117 Å². The van der Waals surface area contributed by atoms with Crippen molar-refractivity contribution in [1.82, 2.24) is 34.2 Å². The van der Waals surface area contributed by atoms with Crippen LogP contribution in [0.2, 0.25) is 0 Å². The number of carbonyl (C=O) groups excluding carboxylic acids is 1. The summed E-state index contributed by atoms with van der Waals surface area (Å²) in [5.41, 5.74) is 2.01. The lowest BCUT2D eigenvalue weighted by Gasteiger charge is -2.14. The Labute approximate surface area is 161 Å². The maximum atomic E-state index is 12.6. The lowest BCUT2D eigenvalue weighted by Crippen LogP contribution is -2.26. The van der Waals surface area contributed by atoms with Crippen molar-refractivity contribution < 1.29 is 9.72 Å². The Kier molecular flexibility index (Phi) is 5.25. The van der Waals surface area contributed by atoms with Crippen LogP contribution in [0.5, 0.6) is 0 Å². The van der Waals surface area contributed by atoms with E-state index in [1.165, 1.54) is 9.36 Å². The third-order valence-electron chi connectivity index (χ3n) is 4.44. The normalized spacial score (nSPS) is 11.0. The Balaban J connectivity index is 1.70. The van der Waals surface area contributed by atoms with Crippen LogP contribution in [0.25, 0.3) is 0 Å². The van der Waals surface area contributed by atoms with Gasteiger partial charge >= 0.3 is 5.69 Å². The van der Waals surface area contributed by atoms with Gasteiger partial charge in [0.05, 0.1) is 11.1 Å². The largest absolute Gasteiger partial charge is 0.336 e. The molecule has 11 heteroatoms. The van der Waals surface area contributed by atoms with Gasteiger partial charge in [0.15, 0.2) is 0 Å². The van der Waals surface area contributed by atoms with Gasteiger partial charge in [-0.3, -0.25) is 24.3 Å². The zero-order valence-corrected chi connectivity index (χ0v) is 16.2. The van der Waals surface area contributed by atoms with Crippen LogP contribution in [0.1, 0.15) is 34.4 Å². The third kappa shape index (κ3) is 3.77. The molecule has 11 nitrogen and oxygen atoms in total. The molecule has 0 radical (unpaired) electrons. The van der Waals surface area contributed by atoms with Gasteiger partial charge in [-0.25, -0.2) is 4.68 Å². The molecule has 0 fully saturated rings. The average molecular weight is 386 g/mol. The molecule has 3 rings (SSSR count). The van der Waals surface area contributed by atoms with E-state index in [0.29, 0.717) is 23.6 Å². The monoisotopic (exact) mass is 386 g/mol. The molecule has 0 spiro atoms. The lowest BCUT2D eigenvalue weighted by atomic mass is 10.3. The smallest absolute Gasteiger partial charge is 0.312 e. The fourth-order valence-corrected chi connectivity index (χ4v) is 2.98. The van der Waals surface area contributed by atoms with Crippen LogP contribution < -0.4 is 0 Å². The minimum Gasteiger partial charge on any atom is -0.336 e. The molecule has 0 aliphatic carbocycles. The van der Waals surface area contributed by atoms with Gasteiger partial charge in [-0.15, -0.1) is 0 Å². The number of aryl methyl sites for hydroxylation is 2. The van der Waals surface area contributed by atoms with E-state index in [-0.39, 0.29) is 18.3 Å². The molecule has 0 bridgehead atoms. The predicted molar refractivity (Wildman–Crippen MR) is 99.7 cm³/mol.